The summed E-state index contributed by atoms with van der Waals surface area (Å²) < 4.78 is 0. The lowest BCUT2D eigenvalue weighted by Crippen LogP contribution is -2.46. The van der Waals surface area contributed by atoms with Crippen molar-refractivity contribution in [2.45, 2.75) is 12.5 Å². The van der Waals surface area contributed by atoms with Crippen LogP contribution in [-0.4, -0.2) is 17.8 Å². The quantitative estimate of drug-likeness (QED) is 0.890. The normalized spacial score (nSPS) is 17.2. The van der Waals surface area contributed by atoms with Gasteiger partial charge in [-0.3, -0.25) is 20.2 Å². The second-order valence-electron chi connectivity index (χ2n) is 5.12. The van der Waals surface area contributed by atoms with Crippen molar-refractivity contribution in [2.75, 3.05) is 0 Å². The number of aliphatic imine (C=N–C) groups is 1. The smallest absolute Gasteiger partial charge is 0.257 e. The van der Waals surface area contributed by atoms with E-state index >= 15 is 0 Å². The molecule has 1 atom stereocenters. The molecule has 5 nitrogen and oxygen atoms in total. The molecule has 1 heterocycles. The molecule has 0 saturated heterocycles. The van der Waals surface area contributed by atoms with Crippen LogP contribution in [0.25, 0.3) is 0 Å². The van der Waals surface area contributed by atoms with Gasteiger partial charge in [0.1, 0.15) is 0 Å². The fourth-order valence-electron chi connectivity index (χ4n) is 2.30. The minimum absolute atomic E-state index is 0.162. The van der Waals surface area contributed by atoms with Crippen LogP contribution in [0.1, 0.15) is 28.4 Å². The highest BCUT2D eigenvalue weighted by atomic mass is 35.5. The zero-order chi connectivity index (χ0) is 16.2. The molecule has 0 unspecified atom stereocenters. The molecule has 0 saturated carbocycles. The summed E-state index contributed by atoms with van der Waals surface area (Å²) in [7, 11) is 0. The fraction of sp³-hybridized carbons (Fsp3) is 0.118. The number of hydrogen-bond acceptors (Lipinski definition) is 3. The van der Waals surface area contributed by atoms with Gasteiger partial charge in [0.05, 0.1) is 12.5 Å². The standard InChI is InChI=1S/C17H14ClN3O2/c18-13-8-6-11(7-9-13)14-10-15(22)20-17(19-14)21-16(23)12-4-2-1-3-5-12/h1-9,14H,10H2,(H2,19,20,21,22,23)/t14-/m1/s1. The van der Waals surface area contributed by atoms with E-state index in [9.17, 15) is 9.59 Å². The minimum Gasteiger partial charge on any atom is -0.296 e. The molecule has 3 rings (SSSR count). The first-order valence-electron chi connectivity index (χ1n) is 7.11. The number of benzene rings is 2. The SMILES string of the molecule is O=C1C[C@H](c2ccc(Cl)cc2)N=C(NC(=O)c2ccccc2)N1. The molecular formula is C17H14ClN3O2. The van der Waals surface area contributed by atoms with Gasteiger partial charge >= 0.3 is 0 Å². The maximum Gasteiger partial charge on any atom is 0.257 e. The van der Waals surface area contributed by atoms with E-state index in [1.165, 1.54) is 0 Å². The number of nitrogens with one attached hydrogen (secondary N) is 2. The Bertz CT molecular complexity index is 757. The summed E-state index contributed by atoms with van der Waals surface area (Å²) in [6.45, 7) is 0. The molecule has 0 fully saturated rings. The van der Waals surface area contributed by atoms with Crippen LogP contribution in [0.15, 0.2) is 59.6 Å². The third kappa shape index (κ3) is 3.76. The van der Waals surface area contributed by atoms with Gasteiger partial charge in [-0.25, -0.2) is 4.99 Å². The van der Waals surface area contributed by atoms with E-state index in [1.54, 1.807) is 36.4 Å². The lowest BCUT2D eigenvalue weighted by atomic mass is 10.0. The highest BCUT2D eigenvalue weighted by Gasteiger charge is 2.23. The van der Waals surface area contributed by atoms with Gasteiger partial charge in [-0.1, -0.05) is 41.9 Å². The Morgan fingerprint density at radius 1 is 1.13 bits per heavy atom. The number of carbonyl (C=O) groups is 2. The third-order valence-corrected chi connectivity index (χ3v) is 3.70. The van der Waals surface area contributed by atoms with Crippen LogP contribution in [0, 0.1) is 0 Å². The van der Waals surface area contributed by atoms with E-state index in [2.05, 4.69) is 15.6 Å². The van der Waals surface area contributed by atoms with Crippen molar-refractivity contribution < 1.29 is 9.59 Å². The van der Waals surface area contributed by atoms with Crippen LogP contribution in [0.3, 0.4) is 0 Å². The summed E-state index contributed by atoms with van der Waals surface area (Å²) in [6, 6.07) is 15.6. The Morgan fingerprint density at radius 3 is 2.52 bits per heavy atom. The lowest BCUT2D eigenvalue weighted by molar-refractivity contribution is -0.120. The van der Waals surface area contributed by atoms with Crippen LogP contribution in [-0.2, 0) is 4.79 Å². The van der Waals surface area contributed by atoms with Crippen LogP contribution >= 0.6 is 11.6 Å². The number of rotatable bonds is 2. The van der Waals surface area contributed by atoms with Gasteiger partial charge in [-0.15, -0.1) is 0 Å². The third-order valence-electron chi connectivity index (χ3n) is 3.44. The number of amides is 2. The molecule has 0 aromatic heterocycles. The summed E-state index contributed by atoms with van der Waals surface area (Å²) >= 11 is 5.87. The number of nitrogens with zero attached hydrogens (tertiary/aromatic N) is 1. The van der Waals surface area contributed by atoms with E-state index in [0.717, 1.165) is 5.56 Å². The Hall–Kier alpha value is -2.66. The van der Waals surface area contributed by atoms with Gasteiger partial charge in [-0.2, -0.15) is 0 Å². The monoisotopic (exact) mass is 327 g/mol. The molecule has 1 aliphatic rings. The second kappa shape index (κ2) is 6.62. The lowest BCUT2D eigenvalue weighted by Gasteiger charge is -2.21. The molecule has 23 heavy (non-hydrogen) atoms. The highest BCUT2D eigenvalue weighted by molar-refractivity contribution is 6.30. The summed E-state index contributed by atoms with van der Waals surface area (Å²) in [5.74, 6) is -0.347. The number of carbonyl (C=O) groups excluding carboxylic acids is 2. The Labute approximate surface area is 138 Å². The van der Waals surface area contributed by atoms with E-state index in [-0.39, 0.29) is 30.2 Å². The van der Waals surface area contributed by atoms with Gasteiger partial charge in [0.15, 0.2) is 0 Å². The van der Waals surface area contributed by atoms with Crippen molar-refractivity contribution in [3.63, 3.8) is 0 Å². The average molecular weight is 328 g/mol. The maximum atomic E-state index is 12.1. The molecule has 2 aromatic carbocycles. The van der Waals surface area contributed by atoms with Gasteiger partial charge < -0.3 is 0 Å². The zero-order valence-electron chi connectivity index (χ0n) is 12.1. The van der Waals surface area contributed by atoms with Crippen molar-refractivity contribution in [3.05, 3.63) is 70.7 Å². The molecule has 2 amide bonds. The van der Waals surface area contributed by atoms with Gasteiger partial charge in [-0.05, 0) is 29.8 Å². The largest absolute Gasteiger partial charge is 0.296 e. The fourth-order valence-corrected chi connectivity index (χ4v) is 2.43. The van der Waals surface area contributed by atoms with Crippen molar-refractivity contribution in [3.8, 4) is 0 Å². The number of halogens is 1. The minimum atomic E-state index is -0.341. The maximum absolute atomic E-state index is 12.1. The van der Waals surface area contributed by atoms with Crippen LogP contribution in [0.2, 0.25) is 5.02 Å². The molecule has 6 heteroatoms. The highest BCUT2D eigenvalue weighted by Crippen LogP contribution is 2.24. The van der Waals surface area contributed by atoms with Crippen LogP contribution in [0.4, 0.5) is 0 Å². The molecular weight excluding hydrogens is 314 g/mol. The molecule has 2 aromatic rings. The topological polar surface area (TPSA) is 70.6 Å². The van der Waals surface area contributed by atoms with E-state index < -0.39 is 0 Å². The van der Waals surface area contributed by atoms with Crippen molar-refractivity contribution in [1.82, 2.24) is 10.6 Å². The molecule has 0 radical (unpaired) electrons. The number of hydrogen-bond donors (Lipinski definition) is 2. The van der Waals surface area contributed by atoms with Crippen LogP contribution < -0.4 is 10.6 Å². The van der Waals surface area contributed by atoms with Crippen molar-refractivity contribution in [1.29, 1.82) is 0 Å². The summed E-state index contributed by atoms with van der Waals surface area (Å²) in [5, 5.41) is 5.83. The predicted molar refractivity (Wildman–Crippen MR) is 88.3 cm³/mol. The average Bonchev–Trinajstić information content (AvgIpc) is 2.56. The van der Waals surface area contributed by atoms with E-state index in [0.29, 0.717) is 10.6 Å². The first-order chi connectivity index (χ1) is 11.1. The van der Waals surface area contributed by atoms with Crippen LogP contribution in [0.5, 0.6) is 0 Å². The van der Waals surface area contributed by atoms with E-state index in [1.807, 2.05) is 18.2 Å². The van der Waals surface area contributed by atoms with Gasteiger partial charge in [0, 0.05) is 10.6 Å². The Balaban J connectivity index is 1.79. The molecule has 116 valence electrons. The Morgan fingerprint density at radius 2 is 1.83 bits per heavy atom. The summed E-state index contributed by atoms with van der Waals surface area (Å²) in [5.41, 5.74) is 1.37. The van der Waals surface area contributed by atoms with Gasteiger partial charge in [0.2, 0.25) is 11.9 Å². The van der Waals surface area contributed by atoms with Crippen molar-refractivity contribution >= 4 is 29.4 Å². The zero-order valence-corrected chi connectivity index (χ0v) is 12.9. The summed E-state index contributed by atoms with van der Waals surface area (Å²) in [4.78, 5) is 28.4. The molecule has 1 aliphatic heterocycles. The molecule has 2 N–H and O–H groups in total. The van der Waals surface area contributed by atoms with Gasteiger partial charge in [0.25, 0.3) is 5.91 Å². The Kier molecular flexibility index (Phi) is 4.39. The van der Waals surface area contributed by atoms with E-state index in [4.69, 9.17) is 11.6 Å². The number of guanidine groups is 1. The van der Waals surface area contributed by atoms with Crippen molar-refractivity contribution in [2.24, 2.45) is 4.99 Å². The first-order valence-corrected chi connectivity index (χ1v) is 7.49. The molecule has 0 spiro atoms. The first kappa shape index (κ1) is 15.2. The summed E-state index contributed by atoms with van der Waals surface area (Å²) in [6.07, 6.45) is 0.229. The molecule has 0 aliphatic carbocycles. The molecule has 0 bridgehead atoms. The second-order valence-corrected chi connectivity index (χ2v) is 5.55. The predicted octanol–water partition coefficient (Wildman–Crippen LogP) is 2.69.